The highest BCUT2D eigenvalue weighted by Gasteiger charge is 1.93. The first kappa shape index (κ1) is 4.05. The lowest BCUT2D eigenvalue weighted by Gasteiger charge is -1.96. The van der Waals surface area contributed by atoms with Crippen LogP contribution in [-0.2, 0) is 0 Å². The Hall–Kier alpha value is -0.120. The van der Waals surface area contributed by atoms with Crippen LogP contribution in [-0.4, -0.2) is 36.1 Å². The molecule has 3 nitrogen and oxygen atoms in total. The van der Waals surface area contributed by atoms with Crippen molar-refractivity contribution in [2.24, 2.45) is 0 Å². The van der Waals surface area contributed by atoms with Crippen molar-refractivity contribution < 1.29 is 15.3 Å². The molecule has 0 aromatic rings. The quantitative estimate of drug-likeness (QED) is 0.391. The normalized spacial score (nSPS) is 16.7. The molecule has 0 rings (SSSR count). The van der Waals surface area contributed by atoms with Crippen LogP contribution in [0, 0.1) is 0 Å². The summed E-state index contributed by atoms with van der Waals surface area (Å²) in [6.45, 7) is -0.477. The SMILES string of the molecule is [2H]OCC(O)CO. The number of rotatable bonds is 3. The van der Waals surface area contributed by atoms with Crippen LogP contribution in [0.4, 0.5) is 0 Å². The van der Waals surface area contributed by atoms with Crippen LogP contribution in [0.15, 0.2) is 0 Å². The summed E-state index contributed by atoms with van der Waals surface area (Å²) in [5, 5.41) is 20.1. The van der Waals surface area contributed by atoms with E-state index in [1.54, 1.807) is 0 Å². The van der Waals surface area contributed by atoms with Gasteiger partial charge in [-0.05, 0) is 0 Å². The Bertz CT molecular complexity index is 41.2. The van der Waals surface area contributed by atoms with Crippen molar-refractivity contribution in [1.29, 1.82) is 1.43 Å². The van der Waals surface area contributed by atoms with Gasteiger partial charge >= 0.3 is 0 Å². The van der Waals surface area contributed by atoms with Crippen molar-refractivity contribution in [1.82, 2.24) is 0 Å². The third-order valence-corrected chi connectivity index (χ3v) is 0.403. The van der Waals surface area contributed by atoms with Gasteiger partial charge in [-0.3, -0.25) is 0 Å². The van der Waals surface area contributed by atoms with E-state index in [4.69, 9.17) is 11.6 Å². The number of aliphatic hydroxyl groups is 3. The van der Waals surface area contributed by atoms with Gasteiger partial charge in [0, 0.05) is 0 Å². The molecule has 38 valence electrons. The van der Waals surface area contributed by atoms with E-state index in [-0.39, 0.29) is 13.2 Å². The van der Waals surface area contributed by atoms with Gasteiger partial charge in [-0.25, -0.2) is 0 Å². The summed E-state index contributed by atoms with van der Waals surface area (Å²) in [7, 11) is 0. The maximum atomic E-state index is 8.36. The minimum absolute atomic E-state index is 0.128. The van der Waals surface area contributed by atoms with Crippen molar-refractivity contribution in [3.63, 3.8) is 0 Å². The lowest BCUT2D eigenvalue weighted by atomic mass is 10.4. The van der Waals surface area contributed by atoms with Crippen LogP contribution < -0.4 is 0 Å². The fourth-order valence-corrected chi connectivity index (χ4v) is 0.0527. The molecule has 0 heterocycles. The fraction of sp³-hybridized carbons (Fsp3) is 1.00. The molecule has 0 amide bonds. The molecule has 0 aromatic heterocycles. The van der Waals surface area contributed by atoms with E-state index in [0.29, 0.717) is 0 Å². The molecule has 1 unspecified atom stereocenters. The highest BCUT2D eigenvalue weighted by atomic mass is 16.3. The largest absolute Gasteiger partial charge is 0.394 e. The highest BCUT2D eigenvalue weighted by molar-refractivity contribution is 4.43. The zero-order valence-corrected chi connectivity index (χ0v) is 3.29. The summed E-state index contributed by atoms with van der Waals surface area (Å²) >= 11 is 0. The van der Waals surface area contributed by atoms with Gasteiger partial charge in [0.2, 0.25) is 1.43 Å². The minimum Gasteiger partial charge on any atom is -0.394 e. The molecule has 0 radical (unpaired) electrons. The number of hydrogen-bond donors (Lipinski definition) is 3. The van der Waals surface area contributed by atoms with Crippen LogP contribution in [0.5, 0.6) is 0 Å². The smallest absolute Gasteiger partial charge is 0.210 e. The first-order valence-electron chi connectivity index (χ1n) is 2.09. The second-order valence-corrected chi connectivity index (χ2v) is 1.00. The van der Waals surface area contributed by atoms with E-state index >= 15 is 0 Å². The lowest BCUT2D eigenvalue weighted by molar-refractivity contribution is 0.0450. The molecule has 0 fully saturated rings. The van der Waals surface area contributed by atoms with E-state index < -0.39 is 6.10 Å². The molecule has 3 N–H and O–H groups in total. The summed E-state index contributed by atoms with van der Waals surface area (Å²) in [6, 6.07) is 0. The monoisotopic (exact) mass is 93.1 g/mol. The molecular formula is C3H8O3. The van der Waals surface area contributed by atoms with E-state index in [2.05, 4.69) is 5.11 Å². The van der Waals surface area contributed by atoms with Gasteiger partial charge in [-0.2, -0.15) is 0 Å². The maximum Gasteiger partial charge on any atom is 0.210 e. The number of hydrogen-bond acceptors (Lipinski definition) is 3. The Kier molecular flexibility index (Phi) is 2.08. The van der Waals surface area contributed by atoms with E-state index in [9.17, 15) is 0 Å². The van der Waals surface area contributed by atoms with Gasteiger partial charge in [0.05, 0.1) is 13.2 Å². The molecule has 0 saturated heterocycles. The molecule has 0 bridgehead atoms. The first-order chi connectivity index (χ1) is 3.31. The predicted molar refractivity (Wildman–Crippen MR) is 20.2 cm³/mol. The summed E-state index contributed by atoms with van der Waals surface area (Å²) in [4.78, 5) is 0. The maximum absolute atomic E-state index is 8.36. The Labute approximate surface area is 37.3 Å². The molecule has 0 aromatic carbocycles. The molecule has 0 aliphatic carbocycles. The van der Waals surface area contributed by atoms with E-state index in [0.717, 1.165) is 0 Å². The van der Waals surface area contributed by atoms with E-state index in [1.165, 1.54) is 0 Å². The van der Waals surface area contributed by atoms with Gasteiger partial charge in [0.15, 0.2) is 0 Å². The minimum atomic E-state index is -0.905. The third-order valence-electron chi connectivity index (χ3n) is 0.403. The van der Waals surface area contributed by atoms with Crippen LogP contribution in [0.3, 0.4) is 0 Å². The highest BCUT2D eigenvalue weighted by Crippen LogP contribution is 1.71. The Balaban J connectivity index is 2.83. The number of aliphatic hydroxyl groups excluding tert-OH is 3. The Morgan fingerprint density at radius 3 is 2.50 bits per heavy atom. The van der Waals surface area contributed by atoms with Crippen molar-refractivity contribution in [2.45, 2.75) is 6.10 Å². The van der Waals surface area contributed by atoms with Crippen LogP contribution in [0.1, 0.15) is 0 Å². The van der Waals surface area contributed by atoms with Crippen LogP contribution >= 0.6 is 0 Å². The molecule has 0 aliphatic heterocycles. The molecular weight excluding hydrogens is 84.0 g/mol. The summed E-state index contributed by atoms with van der Waals surface area (Å²) < 4.78 is 6.07. The second-order valence-electron chi connectivity index (χ2n) is 1.00. The van der Waals surface area contributed by atoms with Gasteiger partial charge in [-0.1, -0.05) is 0 Å². The molecule has 0 spiro atoms. The molecule has 3 heteroatoms. The molecule has 0 saturated carbocycles. The van der Waals surface area contributed by atoms with Crippen LogP contribution in [0.25, 0.3) is 0 Å². The average Bonchev–Trinajstić information content (AvgIpc) is 1.68. The lowest BCUT2D eigenvalue weighted by Crippen LogP contribution is -2.15. The zero-order chi connectivity index (χ0) is 5.70. The van der Waals surface area contributed by atoms with Crippen molar-refractivity contribution in [2.75, 3.05) is 13.2 Å². The Morgan fingerprint density at radius 2 is 2.33 bits per heavy atom. The van der Waals surface area contributed by atoms with E-state index in [1.807, 2.05) is 0 Å². The topological polar surface area (TPSA) is 60.7 Å². The van der Waals surface area contributed by atoms with Gasteiger partial charge < -0.3 is 15.3 Å². The summed E-state index contributed by atoms with van der Waals surface area (Å²) in [5.74, 6) is 0. The van der Waals surface area contributed by atoms with Gasteiger partial charge in [-0.15, -0.1) is 0 Å². The predicted octanol–water partition coefficient (Wildman–Crippen LogP) is -1.67. The van der Waals surface area contributed by atoms with Gasteiger partial charge in [0.1, 0.15) is 6.10 Å². The molecule has 1 atom stereocenters. The fourth-order valence-electron chi connectivity index (χ4n) is 0.0527. The second kappa shape index (κ2) is 3.08. The average molecular weight is 93.1 g/mol. The standard InChI is InChI=1S/C3H8O3/c4-1-3(6)2-5/h3-6H,1-2H2/i4D. The van der Waals surface area contributed by atoms with Crippen molar-refractivity contribution in [3.05, 3.63) is 0 Å². The molecule has 6 heavy (non-hydrogen) atoms. The first-order valence-corrected chi connectivity index (χ1v) is 1.68. The Morgan fingerprint density at radius 1 is 1.67 bits per heavy atom. The molecule has 0 aliphatic rings. The third kappa shape index (κ3) is 2.14. The van der Waals surface area contributed by atoms with Crippen molar-refractivity contribution in [3.8, 4) is 0 Å². The van der Waals surface area contributed by atoms with Crippen molar-refractivity contribution >= 4 is 0 Å². The van der Waals surface area contributed by atoms with Gasteiger partial charge in [0.25, 0.3) is 0 Å². The summed E-state index contributed by atoms with van der Waals surface area (Å²) in [6.07, 6.45) is -0.905. The van der Waals surface area contributed by atoms with Crippen LogP contribution in [0.2, 0.25) is 0 Å². The zero-order valence-electron chi connectivity index (χ0n) is 4.29. The summed E-state index contributed by atoms with van der Waals surface area (Å²) in [5.41, 5.74) is 0.